The van der Waals surface area contributed by atoms with Crippen molar-refractivity contribution in [3.05, 3.63) is 41.4 Å². The second-order valence-electron chi connectivity index (χ2n) is 5.52. The van der Waals surface area contributed by atoms with Crippen molar-refractivity contribution >= 4 is 28.5 Å². The van der Waals surface area contributed by atoms with Gasteiger partial charge in [-0.2, -0.15) is 0 Å². The molecule has 1 aliphatic rings. The van der Waals surface area contributed by atoms with E-state index in [0.717, 1.165) is 5.69 Å². The predicted molar refractivity (Wildman–Crippen MR) is 89.1 cm³/mol. The smallest absolute Gasteiger partial charge is 0.410 e. The molecule has 2 amide bonds. The summed E-state index contributed by atoms with van der Waals surface area (Å²) in [7, 11) is 0. The number of ether oxygens (including phenoxy) is 1. The highest BCUT2D eigenvalue weighted by molar-refractivity contribution is 7.13. The molecular weight excluding hydrogens is 330 g/mol. The van der Waals surface area contributed by atoms with Crippen LogP contribution in [0.25, 0.3) is 0 Å². The molecule has 24 heavy (non-hydrogen) atoms. The van der Waals surface area contributed by atoms with Crippen LogP contribution in [-0.2, 0) is 4.79 Å². The first kappa shape index (κ1) is 16.4. The molecule has 0 saturated carbocycles. The first-order chi connectivity index (χ1) is 11.5. The third-order valence-corrected chi connectivity index (χ3v) is 4.49. The van der Waals surface area contributed by atoms with Gasteiger partial charge in [-0.15, -0.1) is 11.3 Å². The van der Waals surface area contributed by atoms with Crippen LogP contribution in [0.15, 0.2) is 35.7 Å². The highest BCUT2D eigenvalue weighted by Crippen LogP contribution is 2.23. The Balaban J connectivity index is 1.69. The van der Waals surface area contributed by atoms with Gasteiger partial charge in [0, 0.05) is 11.8 Å². The van der Waals surface area contributed by atoms with Gasteiger partial charge in [-0.25, -0.2) is 9.78 Å². The fourth-order valence-electron chi connectivity index (χ4n) is 2.51. The summed E-state index contributed by atoms with van der Waals surface area (Å²) in [5, 5.41) is 14.8. The van der Waals surface area contributed by atoms with Crippen LogP contribution in [-0.4, -0.2) is 45.7 Å². The van der Waals surface area contributed by atoms with E-state index in [2.05, 4.69) is 10.3 Å². The molecule has 1 fully saturated rings. The number of aromatic nitrogens is 1. The van der Waals surface area contributed by atoms with E-state index in [1.165, 1.54) is 16.2 Å². The number of benzene rings is 1. The molecule has 126 valence electrons. The van der Waals surface area contributed by atoms with Crippen LogP contribution in [0, 0.1) is 6.92 Å². The molecule has 0 aliphatic carbocycles. The van der Waals surface area contributed by atoms with E-state index < -0.39 is 18.2 Å². The van der Waals surface area contributed by atoms with Crippen molar-refractivity contribution in [3.8, 4) is 5.75 Å². The molecule has 1 aromatic heterocycles. The lowest BCUT2D eigenvalue weighted by atomic mass is 10.2. The van der Waals surface area contributed by atoms with E-state index >= 15 is 0 Å². The molecule has 0 unspecified atom stereocenters. The van der Waals surface area contributed by atoms with Gasteiger partial charge in [-0.05, 0) is 19.1 Å². The normalized spacial score (nSPS) is 20.0. The Bertz CT molecular complexity index is 734. The molecular formula is C16H17N3O4S. The molecule has 0 radical (unpaired) electrons. The average Bonchev–Trinajstić information content (AvgIpc) is 3.14. The van der Waals surface area contributed by atoms with Crippen LogP contribution in [0.3, 0.4) is 0 Å². The van der Waals surface area contributed by atoms with Gasteiger partial charge in [0.05, 0.1) is 18.3 Å². The monoisotopic (exact) mass is 347 g/mol. The van der Waals surface area contributed by atoms with Crippen molar-refractivity contribution in [3.63, 3.8) is 0 Å². The molecule has 3 rings (SSSR count). The highest BCUT2D eigenvalue weighted by atomic mass is 32.1. The lowest BCUT2D eigenvalue weighted by molar-refractivity contribution is -0.119. The summed E-state index contributed by atoms with van der Waals surface area (Å²) in [5.41, 5.74) is 0.808. The van der Waals surface area contributed by atoms with Crippen molar-refractivity contribution in [2.24, 2.45) is 0 Å². The van der Waals surface area contributed by atoms with Gasteiger partial charge in [0.25, 0.3) is 0 Å². The number of aliphatic hydroxyl groups excluding tert-OH is 1. The lowest BCUT2D eigenvalue weighted by Crippen LogP contribution is -2.44. The van der Waals surface area contributed by atoms with Gasteiger partial charge in [0.1, 0.15) is 11.8 Å². The zero-order valence-corrected chi connectivity index (χ0v) is 13.8. The van der Waals surface area contributed by atoms with Crippen molar-refractivity contribution in [1.29, 1.82) is 0 Å². The van der Waals surface area contributed by atoms with E-state index in [1.54, 1.807) is 24.3 Å². The van der Waals surface area contributed by atoms with Crippen LogP contribution in [0.4, 0.5) is 9.93 Å². The molecule has 1 saturated heterocycles. The molecule has 2 N–H and O–H groups in total. The van der Waals surface area contributed by atoms with Crippen LogP contribution >= 0.6 is 11.3 Å². The Morgan fingerprint density at radius 1 is 1.38 bits per heavy atom. The summed E-state index contributed by atoms with van der Waals surface area (Å²) in [6.07, 6.45) is -1.25. The predicted octanol–water partition coefficient (Wildman–Crippen LogP) is 2.02. The molecule has 2 aromatic rings. The van der Waals surface area contributed by atoms with Crippen molar-refractivity contribution in [2.45, 2.75) is 25.5 Å². The first-order valence-electron chi connectivity index (χ1n) is 7.47. The number of carbonyl (C=O) groups excluding carboxylic acids is 2. The zero-order valence-electron chi connectivity index (χ0n) is 13.0. The molecule has 1 aliphatic heterocycles. The number of likely N-dealkylation sites (tertiary alicyclic amines) is 1. The number of amides is 2. The Morgan fingerprint density at radius 2 is 2.12 bits per heavy atom. The number of para-hydroxylation sites is 1. The number of anilines is 1. The minimum absolute atomic E-state index is 0.0562. The molecule has 2 heterocycles. The van der Waals surface area contributed by atoms with Crippen molar-refractivity contribution < 1.29 is 19.4 Å². The Hall–Kier alpha value is -2.45. The van der Waals surface area contributed by atoms with Gasteiger partial charge in [0.15, 0.2) is 5.13 Å². The van der Waals surface area contributed by atoms with Crippen LogP contribution < -0.4 is 10.1 Å². The standard InChI is InChI=1S/C16H17N3O4S/c1-10-9-24-15(17-10)18-14(21)13-7-11(20)8-19(13)16(22)23-12-5-3-2-4-6-12/h2-6,9,11,13,20H,7-8H2,1H3,(H,17,18,21)/t11-,13+/m1/s1. The quantitative estimate of drug-likeness (QED) is 0.886. The molecule has 0 bridgehead atoms. The highest BCUT2D eigenvalue weighted by Gasteiger charge is 2.40. The number of thiazole rings is 1. The van der Waals surface area contributed by atoms with Gasteiger partial charge >= 0.3 is 6.09 Å². The molecule has 2 atom stereocenters. The van der Waals surface area contributed by atoms with E-state index in [-0.39, 0.29) is 18.9 Å². The number of β-amino-alcohol motifs (C(OH)–C–C–N with tert-alkyl or cyclic N) is 1. The maximum atomic E-state index is 12.4. The second kappa shape index (κ2) is 6.98. The Kier molecular flexibility index (Phi) is 4.77. The minimum atomic E-state index is -0.791. The first-order valence-corrected chi connectivity index (χ1v) is 8.35. The Morgan fingerprint density at radius 3 is 2.79 bits per heavy atom. The number of nitrogens with one attached hydrogen (secondary N) is 1. The van der Waals surface area contributed by atoms with E-state index in [0.29, 0.717) is 10.9 Å². The van der Waals surface area contributed by atoms with E-state index in [9.17, 15) is 14.7 Å². The number of nitrogens with zero attached hydrogens (tertiary/aromatic N) is 2. The number of aliphatic hydroxyl groups is 1. The topological polar surface area (TPSA) is 91.8 Å². The lowest BCUT2D eigenvalue weighted by Gasteiger charge is -2.22. The third kappa shape index (κ3) is 3.72. The molecule has 8 heteroatoms. The zero-order chi connectivity index (χ0) is 17.1. The summed E-state index contributed by atoms with van der Waals surface area (Å²) in [4.78, 5) is 30.2. The average molecular weight is 347 g/mol. The van der Waals surface area contributed by atoms with Crippen molar-refractivity contribution in [1.82, 2.24) is 9.88 Å². The van der Waals surface area contributed by atoms with Gasteiger partial charge < -0.3 is 15.2 Å². The number of carbonyl (C=O) groups is 2. The van der Waals surface area contributed by atoms with Crippen LogP contribution in [0.2, 0.25) is 0 Å². The van der Waals surface area contributed by atoms with Crippen LogP contribution in [0.5, 0.6) is 5.75 Å². The molecule has 7 nitrogen and oxygen atoms in total. The second-order valence-corrected chi connectivity index (χ2v) is 6.38. The van der Waals surface area contributed by atoms with Crippen LogP contribution in [0.1, 0.15) is 12.1 Å². The molecule has 0 spiro atoms. The van der Waals surface area contributed by atoms with Crippen molar-refractivity contribution in [2.75, 3.05) is 11.9 Å². The summed E-state index contributed by atoms with van der Waals surface area (Å²) in [6, 6.07) is 7.81. The fourth-order valence-corrected chi connectivity index (χ4v) is 3.20. The fraction of sp³-hybridized carbons (Fsp3) is 0.312. The Labute approximate surface area is 142 Å². The maximum Gasteiger partial charge on any atom is 0.416 e. The SMILES string of the molecule is Cc1csc(NC(=O)[C@@H]2C[C@@H](O)CN2C(=O)Oc2ccccc2)n1. The number of rotatable bonds is 3. The summed E-state index contributed by atoms with van der Waals surface area (Å²) >= 11 is 1.31. The number of hydrogen-bond donors (Lipinski definition) is 2. The van der Waals surface area contributed by atoms with E-state index in [1.807, 2.05) is 18.4 Å². The number of hydrogen-bond acceptors (Lipinski definition) is 6. The van der Waals surface area contributed by atoms with Gasteiger partial charge in [-0.3, -0.25) is 9.69 Å². The van der Waals surface area contributed by atoms with Gasteiger partial charge in [-0.1, -0.05) is 18.2 Å². The summed E-state index contributed by atoms with van der Waals surface area (Å²) in [6.45, 7) is 1.88. The maximum absolute atomic E-state index is 12.4. The number of aryl methyl sites for hydroxylation is 1. The molecule has 1 aromatic carbocycles. The third-order valence-electron chi connectivity index (χ3n) is 3.61. The summed E-state index contributed by atoms with van der Waals surface area (Å²) in [5.74, 6) is 0.00417. The van der Waals surface area contributed by atoms with E-state index in [4.69, 9.17) is 4.74 Å². The van der Waals surface area contributed by atoms with Gasteiger partial charge in [0.2, 0.25) is 5.91 Å². The summed E-state index contributed by atoms with van der Waals surface area (Å²) < 4.78 is 5.26. The largest absolute Gasteiger partial charge is 0.416 e. The minimum Gasteiger partial charge on any atom is -0.410 e.